The number of aromatic nitrogens is 16. The molecule has 0 saturated heterocycles. The summed E-state index contributed by atoms with van der Waals surface area (Å²) < 4.78 is 8.50. The van der Waals surface area contributed by atoms with Gasteiger partial charge >= 0.3 is 0 Å². The minimum atomic E-state index is -0.447. The van der Waals surface area contributed by atoms with E-state index >= 15 is 0 Å². The molecule has 103 heavy (non-hydrogen) atoms. The molecule has 8 aromatic heterocycles. The number of rotatable bonds is 13. The van der Waals surface area contributed by atoms with Gasteiger partial charge in [-0.15, -0.1) is 0 Å². The number of nitriles is 1. The smallest absolute Gasteiger partial charge is 0.269 e. The summed E-state index contributed by atoms with van der Waals surface area (Å²) in [6.45, 7) is 7.61. The summed E-state index contributed by atoms with van der Waals surface area (Å²) in [5, 5.41) is 33.1. The van der Waals surface area contributed by atoms with E-state index in [0.29, 0.717) is 86.6 Å². The fourth-order valence-electron chi connectivity index (χ4n) is 11.0. The van der Waals surface area contributed by atoms with Gasteiger partial charge in [0.05, 0.1) is 60.7 Å². The third-order valence-electron chi connectivity index (χ3n) is 15.5. The van der Waals surface area contributed by atoms with Crippen molar-refractivity contribution in [1.82, 2.24) is 78.1 Å². The van der Waals surface area contributed by atoms with E-state index in [-0.39, 0.29) is 5.69 Å². The van der Waals surface area contributed by atoms with Gasteiger partial charge in [0.25, 0.3) is 5.69 Å². The molecular formula is C73H60BrClN26O2. The molecule has 0 radical (unpaired) electrons. The quantitative estimate of drug-likeness (QED) is 0.0392. The van der Waals surface area contributed by atoms with E-state index in [9.17, 15) is 10.1 Å². The Hall–Kier alpha value is -14.0. The zero-order valence-corrected chi connectivity index (χ0v) is 57.6. The zero-order valence-electron chi connectivity index (χ0n) is 55.2. The average molecular weight is 1450 g/mol. The highest BCUT2D eigenvalue weighted by atomic mass is 79.9. The lowest BCUT2D eigenvalue weighted by Crippen LogP contribution is -2.07. The number of nitrogens with zero attached hydrogens (tertiary/aromatic N) is 18. The highest BCUT2D eigenvalue weighted by molar-refractivity contribution is 9.10. The van der Waals surface area contributed by atoms with Gasteiger partial charge in [0.2, 0.25) is 23.8 Å². The summed E-state index contributed by atoms with van der Waals surface area (Å²) in [5.41, 5.74) is 35.0. The first-order valence-electron chi connectivity index (χ1n) is 31.5. The standard InChI is InChI=1S/C19H15N7.C18H15BrN6.C18H15ClN6.C18H15N7O2/c1-12-22-15-4-2-3-5-16(15)26(12)19-24-17(21)10-18(25-19)23-14-8-6-13(11-20)7-9-14;2*1-11-21-14-4-2-3-5-15(14)25(11)18-23-16(20)10-17(24-18)22-13-8-6-12(19)7-9-13;1-11-20-14-4-2-3-5-15(14)24(11)18-22-16(19)10-17(23-18)21-12-6-8-13(9-7-12)25(26)27/h2-10H,1H3,(H3,21,23,24,25);2*2-10H,1H3,(H3,20,22,23,24);2-10H,1H3,(H3,19,21,22,23). The summed E-state index contributed by atoms with van der Waals surface area (Å²) in [6.07, 6.45) is 0. The molecule has 508 valence electrons. The number of nitrogens with one attached hydrogen (secondary N) is 4. The van der Waals surface area contributed by atoms with E-state index in [1.165, 1.54) is 12.1 Å². The maximum absolute atomic E-state index is 10.8. The van der Waals surface area contributed by atoms with Crippen molar-refractivity contribution in [2.45, 2.75) is 27.7 Å². The first kappa shape index (κ1) is 67.6. The molecule has 30 heteroatoms. The van der Waals surface area contributed by atoms with Gasteiger partial charge in [0, 0.05) is 68.6 Å². The van der Waals surface area contributed by atoms with Crippen LogP contribution in [0.1, 0.15) is 28.9 Å². The van der Waals surface area contributed by atoms with Crippen LogP contribution in [0.5, 0.6) is 0 Å². The number of hydrogen-bond acceptors (Lipinski definition) is 23. The Balaban J connectivity index is 0.000000122. The van der Waals surface area contributed by atoms with Crippen LogP contribution >= 0.6 is 27.5 Å². The maximum Gasteiger partial charge on any atom is 0.269 e. The molecule has 0 bridgehead atoms. The molecule has 16 rings (SSSR count). The number of anilines is 12. The number of aryl methyl sites for hydroxylation is 4. The number of fused-ring (bicyclic) bond motifs is 4. The van der Waals surface area contributed by atoms with Crippen molar-refractivity contribution in [1.29, 1.82) is 5.26 Å². The average Bonchev–Trinajstić information content (AvgIpc) is 1.68. The van der Waals surface area contributed by atoms with Crippen molar-refractivity contribution in [2.24, 2.45) is 0 Å². The van der Waals surface area contributed by atoms with Gasteiger partial charge in [-0.25, -0.2) is 19.9 Å². The van der Waals surface area contributed by atoms with Gasteiger partial charge in [-0.3, -0.25) is 28.4 Å². The van der Waals surface area contributed by atoms with Crippen molar-refractivity contribution in [2.75, 3.05) is 44.2 Å². The normalized spacial score (nSPS) is 10.8. The first-order valence-corrected chi connectivity index (χ1v) is 32.7. The molecule has 0 saturated carbocycles. The van der Waals surface area contributed by atoms with Crippen molar-refractivity contribution >= 4 is 147 Å². The highest BCUT2D eigenvalue weighted by Crippen LogP contribution is 2.29. The second-order valence-corrected chi connectivity index (χ2v) is 24.2. The number of nitro benzene ring substituents is 1. The number of hydrogen-bond donors (Lipinski definition) is 8. The molecule has 28 nitrogen and oxygen atoms in total. The van der Waals surface area contributed by atoms with Crippen LogP contribution in [0.4, 0.5) is 75.0 Å². The number of nitro groups is 1. The van der Waals surface area contributed by atoms with Crippen molar-refractivity contribution in [3.05, 3.63) is 267 Å². The zero-order chi connectivity index (χ0) is 71.8. The van der Waals surface area contributed by atoms with Crippen LogP contribution in [-0.4, -0.2) is 83.0 Å². The minimum Gasteiger partial charge on any atom is -0.383 e. The van der Waals surface area contributed by atoms with Crippen LogP contribution in [0.15, 0.2) is 223 Å². The number of benzene rings is 8. The number of non-ortho nitro benzene ring substituents is 1. The van der Waals surface area contributed by atoms with Crippen LogP contribution in [-0.2, 0) is 0 Å². The summed E-state index contributed by atoms with van der Waals surface area (Å²) >= 11 is 9.35. The van der Waals surface area contributed by atoms with Crippen molar-refractivity contribution < 1.29 is 4.92 Å². The molecule has 0 unspecified atom stereocenters. The number of imidazole rings is 4. The second-order valence-electron chi connectivity index (χ2n) is 22.9. The molecule has 0 aliphatic rings. The summed E-state index contributed by atoms with van der Waals surface area (Å²) in [4.78, 5) is 64.3. The van der Waals surface area contributed by atoms with E-state index in [1.54, 1.807) is 48.5 Å². The fraction of sp³-hybridized carbons (Fsp3) is 0.0548. The maximum atomic E-state index is 10.8. The highest BCUT2D eigenvalue weighted by Gasteiger charge is 2.19. The number of nitrogen functional groups attached to an aromatic ring is 4. The van der Waals surface area contributed by atoms with Gasteiger partial charge in [0.1, 0.15) is 69.8 Å². The van der Waals surface area contributed by atoms with Gasteiger partial charge in [-0.2, -0.15) is 45.1 Å². The molecule has 16 aromatic rings. The van der Waals surface area contributed by atoms with Crippen LogP contribution in [0.25, 0.3) is 67.9 Å². The Morgan fingerprint density at radius 3 is 0.932 bits per heavy atom. The molecule has 8 aromatic carbocycles. The Bertz CT molecular complexity index is 5670. The molecule has 0 atom stereocenters. The summed E-state index contributed by atoms with van der Waals surface area (Å²) in [7, 11) is 0. The molecular weight excluding hydrogens is 1390 g/mol. The van der Waals surface area contributed by atoms with Gasteiger partial charge in [-0.05, 0) is 161 Å². The van der Waals surface area contributed by atoms with E-state index in [2.05, 4.69) is 103 Å². The molecule has 8 heterocycles. The second kappa shape index (κ2) is 29.6. The molecule has 12 N–H and O–H groups in total. The number of para-hydroxylation sites is 8. The van der Waals surface area contributed by atoms with Crippen molar-refractivity contribution in [3.8, 4) is 29.9 Å². The monoisotopic (exact) mass is 1450 g/mol. The fourth-order valence-corrected chi connectivity index (χ4v) is 11.4. The predicted octanol–water partition coefficient (Wildman–Crippen LogP) is 15.0. The van der Waals surface area contributed by atoms with E-state index in [4.69, 9.17) is 39.8 Å². The lowest BCUT2D eigenvalue weighted by molar-refractivity contribution is -0.384. The van der Waals surface area contributed by atoms with Crippen LogP contribution < -0.4 is 44.2 Å². The summed E-state index contributed by atoms with van der Waals surface area (Å²) in [5.74, 6) is 8.61. The van der Waals surface area contributed by atoms with Gasteiger partial charge in [-0.1, -0.05) is 76.1 Å². The minimum absolute atomic E-state index is 0.0175. The SMILES string of the molecule is Cc1nc2ccccc2n1-c1nc(N)cc(Nc2ccc(Br)cc2)n1.Cc1nc2ccccc2n1-c1nc(N)cc(Nc2ccc(C#N)cc2)n1.Cc1nc2ccccc2n1-c1nc(N)cc(Nc2ccc(Cl)cc2)n1.Cc1nc2ccccc2n1-c1nc(N)cc(Nc2ccc([N+](=O)[O-])cc2)n1. The lowest BCUT2D eigenvalue weighted by Gasteiger charge is -2.10. The first-order chi connectivity index (χ1) is 49.8. The van der Waals surface area contributed by atoms with Crippen LogP contribution in [0.3, 0.4) is 0 Å². The number of nitrogens with two attached hydrogens (primary N) is 4. The predicted molar refractivity (Wildman–Crippen MR) is 406 cm³/mol. The third-order valence-corrected chi connectivity index (χ3v) is 16.3. The van der Waals surface area contributed by atoms with E-state index in [0.717, 1.165) is 89.0 Å². The topological polar surface area (TPSA) is 394 Å². The van der Waals surface area contributed by atoms with E-state index < -0.39 is 4.92 Å². The Morgan fingerprint density at radius 1 is 0.388 bits per heavy atom. The molecule has 0 aliphatic heterocycles. The third kappa shape index (κ3) is 15.6. The lowest BCUT2D eigenvalue weighted by atomic mass is 10.2. The Morgan fingerprint density at radius 2 is 0.650 bits per heavy atom. The van der Waals surface area contributed by atoms with Gasteiger partial charge < -0.3 is 44.2 Å². The molecule has 0 fully saturated rings. The van der Waals surface area contributed by atoms with Gasteiger partial charge in [0.15, 0.2) is 0 Å². The molecule has 0 spiro atoms. The van der Waals surface area contributed by atoms with Crippen molar-refractivity contribution in [3.63, 3.8) is 0 Å². The Kier molecular flexibility index (Phi) is 19.4. The van der Waals surface area contributed by atoms with E-state index in [1.807, 2.05) is 204 Å². The summed E-state index contributed by atoms with van der Waals surface area (Å²) in [6, 6.07) is 68.3. The molecule has 0 aliphatic carbocycles. The van der Waals surface area contributed by atoms with Crippen LogP contribution in [0.2, 0.25) is 5.02 Å². The van der Waals surface area contributed by atoms with Crippen LogP contribution in [0, 0.1) is 49.1 Å². The Labute approximate surface area is 600 Å². The molecule has 0 amide bonds. The largest absolute Gasteiger partial charge is 0.383 e. The number of halogens is 2.